The van der Waals surface area contributed by atoms with Crippen LogP contribution in [0.1, 0.15) is 19.0 Å². The van der Waals surface area contributed by atoms with Crippen LogP contribution in [0.5, 0.6) is 0 Å². The molecule has 1 atom stereocenters. The lowest BCUT2D eigenvalue weighted by atomic mass is 10.1. The molecule has 1 rings (SSSR count). The Balaban J connectivity index is 2.42. The molecule has 3 amide bonds. The molecular weight excluding hydrogens is 250 g/mol. The van der Waals surface area contributed by atoms with Crippen molar-refractivity contribution in [2.24, 2.45) is 5.73 Å². The van der Waals surface area contributed by atoms with Crippen molar-refractivity contribution in [2.75, 3.05) is 6.54 Å². The smallest absolute Gasteiger partial charge is 0.240 e. The lowest BCUT2D eigenvalue weighted by Crippen LogP contribution is -2.46. The summed E-state index contributed by atoms with van der Waals surface area (Å²) in [6, 6.07) is -0.801. The van der Waals surface area contributed by atoms with Crippen LogP contribution in [0, 0.1) is 0 Å². The molecule has 19 heavy (non-hydrogen) atoms. The van der Waals surface area contributed by atoms with E-state index in [-0.39, 0.29) is 31.2 Å². The quantitative estimate of drug-likeness (QED) is 0.476. The third kappa shape index (κ3) is 5.66. The lowest BCUT2D eigenvalue weighted by Gasteiger charge is -2.14. The molecular formula is C11H17N5O3. The average Bonchev–Trinajstić information content (AvgIpc) is 2.80. The summed E-state index contributed by atoms with van der Waals surface area (Å²) in [5.41, 5.74) is 5.92. The van der Waals surface area contributed by atoms with Crippen LogP contribution in [-0.2, 0) is 20.8 Å². The minimum absolute atomic E-state index is 0.0896. The van der Waals surface area contributed by atoms with Crippen LogP contribution in [-0.4, -0.2) is 40.3 Å². The van der Waals surface area contributed by atoms with Gasteiger partial charge in [-0.1, -0.05) is 0 Å². The highest BCUT2D eigenvalue weighted by molar-refractivity contribution is 5.87. The summed E-state index contributed by atoms with van der Waals surface area (Å²) in [7, 11) is 0. The summed E-state index contributed by atoms with van der Waals surface area (Å²) < 4.78 is 0. The molecule has 0 aliphatic rings. The molecule has 1 aromatic heterocycles. The maximum atomic E-state index is 11.6. The van der Waals surface area contributed by atoms with Crippen LogP contribution in [0.25, 0.3) is 0 Å². The number of carbonyl (C=O) groups excluding carboxylic acids is 3. The van der Waals surface area contributed by atoms with Gasteiger partial charge in [0.25, 0.3) is 0 Å². The number of nitrogens with two attached hydrogens (primary N) is 1. The molecule has 1 heterocycles. The second kappa shape index (κ2) is 7.14. The van der Waals surface area contributed by atoms with E-state index in [1.165, 1.54) is 13.3 Å². The van der Waals surface area contributed by atoms with Crippen LogP contribution in [0.3, 0.4) is 0 Å². The van der Waals surface area contributed by atoms with Crippen LogP contribution in [0.2, 0.25) is 0 Å². The normalized spacial score (nSPS) is 11.6. The number of nitrogens with one attached hydrogen (secondary N) is 3. The third-order valence-electron chi connectivity index (χ3n) is 2.38. The molecule has 0 fully saturated rings. The van der Waals surface area contributed by atoms with Gasteiger partial charge in [-0.2, -0.15) is 0 Å². The van der Waals surface area contributed by atoms with Gasteiger partial charge in [0, 0.05) is 38.2 Å². The van der Waals surface area contributed by atoms with Gasteiger partial charge in [-0.3, -0.25) is 14.4 Å². The Bertz CT molecular complexity index is 443. The molecule has 0 bridgehead atoms. The highest BCUT2D eigenvalue weighted by Gasteiger charge is 2.18. The Labute approximate surface area is 110 Å². The summed E-state index contributed by atoms with van der Waals surface area (Å²) in [5.74, 6) is -1.18. The number of hydrogen-bond acceptors (Lipinski definition) is 4. The zero-order chi connectivity index (χ0) is 14.3. The van der Waals surface area contributed by atoms with Crippen molar-refractivity contribution >= 4 is 17.7 Å². The number of carbonyl (C=O) groups is 3. The molecule has 0 spiro atoms. The molecule has 0 saturated carbocycles. The molecule has 0 aliphatic heterocycles. The van der Waals surface area contributed by atoms with E-state index in [9.17, 15) is 14.4 Å². The van der Waals surface area contributed by atoms with Crippen molar-refractivity contribution in [3.8, 4) is 0 Å². The summed E-state index contributed by atoms with van der Waals surface area (Å²) in [4.78, 5) is 40.1. The number of nitrogens with zero attached hydrogens (tertiary/aromatic N) is 1. The van der Waals surface area contributed by atoms with Gasteiger partial charge < -0.3 is 21.4 Å². The average molecular weight is 267 g/mol. The molecule has 8 nitrogen and oxygen atoms in total. The molecule has 0 aromatic carbocycles. The highest BCUT2D eigenvalue weighted by atomic mass is 16.2. The van der Waals surface area contributed by atoms with E-state index < -0.39 is 11.9 Å². The van der Waals surface area contributed by atoms with Crippen LogP contribution < -0.4 is 16.4 Å². The van der Waals surface area contributed by atoms with Crippen LogP contribution >= 0.6 is 0 Å². The van der Waals surface area contributed by atoms with E-state index >= 15 is 0 Å². The zero-order valence-corrected chi connectivity index (χ0v) is 10.6. The van der Waals surface area contributed by atoms with Crippen molar-refractivity contribution in [1.82, 2.24) is 20.6 Å². The Morgan fingerprint density at radius 3 is 2.74 bits per heavy atom. The number of H-pyrrole nitrogens is 1. The molecule has 104 valence electrons. The fourth-order valence-electron chi connectivity index (χ4n) is 1.46. The first-order chi connectivity index (χ1) is 8.99. The zero-order valence-electron chi connectivity index (χ0n) is 10.6. The molecule has 0 aliphatic carbocycles. The molecule has 0 radical (unpaired) electrons. The summed E-state index contributed by atoms with van der Waals surface area (Å²) in [6.45, 7) is 1.58. The Kier molecular flexibility index (Phi) is 5.52. The minimum Gasteiger partial charge on any atom is -0.368 e. The molecule has 1 aromatic rings. The predicted molar refractivity (Wildman–Crippen MR) is 66.7 cm³/mol. The fraction of sp³-hybridized carbons (Fsp3) is 0.455. The van der Waals surface area contributed by atoms with Gasteiger partial charge >= 0.3 is 0 Å². The second-order valence-corrected chi connectivity index (χ2v) is 4.04. The van der Waals surface area contributed by atoms with Gasteiger partial charge in [0.2, 0.25) is 17.7 Å². The molecule has 8 heteroatoms. The van der Waals surface area contributed by atoms with Gasteiger partial charge in [-0.15, -0.1) is 0 Å². The van der Waals surface area contributed by atoms with Gasteiger partial charge in [0.05, 0.1) is 6.33 Å². The Hall–Kier alpha value is -2.38. The summed E-state index contributed by atoms with van der Waals surface area (Å²) in [5, 5.41) is 5.01. The molecule has 0 unspecified atom stereocenters. The van der Waals surface area contributed by atoms with Crippen molar-refractivity contribution in [3.63, 3.8) is 0 Å². The number of aromatic nitrogens is 2. The van der Waals surface area contributed by atoms with E-state index in [0.29, 0.717) is 5.69 Å². The minimum atomic E-state index is -0.801. The van der Waals surface area contributed by atoms with Gasteiger partial charge in [-0.05, 0) is 0 Å². The van der Waals surface area contributed by atoms with Crippen molar-refractivity contribution in [1.29, 1.82) is 0 Å². The largest absolute Gasteiger partial charge is 0.368 e. The van der Waals surface area contributed by atoms with Gasteiger partial charge in [0.1, 0.15) is 6.04 Å². The number of amides is 3. The van der Waals surface area contributed by atoms with E-state index in [1.807, 2.05) is 0 Å². The van der Waals surface area contributed by atoms with E-state index in [0.717, 1.165) is 0 Å². The Morgan fingerprint density at radius 2 is 2.21 bits per heavy atom. The number of imidazole rings is 1. The van der Waals surface area contributed by atoms with Crippen molar-refractivity contribution in [3.05, 3.63) is 18.2 Å². The van der Waals surface area contributed by atoms with Gasteiger partial charge in [0.15, 0.2) is 0 Å². The SMILES string of the molecule is CC(=O)NCCC(=O)N[C@@H](Cc1cnc[nH]1)C(N)=O. The molecule has 5 N–H and O–H groups in total. The summed E-state index contributed by atoms with van der Waals surface area (Å²) >= 11 is 0. The number of aromatic amines is 1. The monoisotopic (exact) mass is 267 g/mol. The first-order valence-electron chi connectivity index (χ1n) is 5.79. The van der Waals surface area contributed by atoms with Gasteiger partial charge in [-0.25, -0.2) is 4.98 Å². The highest BCUT2D eigenvalue weighted by Crippen LogP contribution is 1.98. The number of rotatable bonds is 7. The number of hydrogen-bond donors (Lipinski definition) is 4. The van der Waals surface area contributed by atoms with Crippen molar-refractivity contribution in [2.45, 2.75) is 25.8 Å². The molecule has 0 saturated heterocycles. The van der Waals surface area contributed by atoms with Crippen molar-refractivity contribution < 1.29 is 14.4 Å². The van der Waals surface area contributed by atoms with Crippen LogP contribution in [0.15, 0.2) is 12.5 Å². The van der Waals surface area contributed by atoms with Crippen LogP contribution in [0.4, 0.5) is 0 Å². The summed E-state index contributed by atoms with van der Waals surface area (Å²) in [6.07, 6.45) is 3.37. The maximum absolute atomic E-state index is 11.6. The number of primary amides is 1. The third-order valence-corrected chi connectivity index (χ3v) is 2.38. The predicted octanol–water partition coefficient (Wildman–Crippen LogP) is -1.55. The standard InChI is InChI=1S/C11H17N5O3/c1-7(17)14-3-2-10(18)16-9(11(12)19)4-8-5-13-6-15-8/h5-6,9H,2-4H2,1H3,(H2,12,19)(H,13,15)(H,14,17)(H,16,18)/t9-/m0/s1. The van der Waals surface area contributed by atoms with E-state index in [4.69, 9.17) is 5.73 Å². The fourth-order valence-corrected chi connectivity index (χ4v) is 1.46. The maximum Gasteiger partial charge on any atom is 0.240 e. The van der Waals surface area contributed by atoms with E-state index in [1.54, 1.807) is 6.20 Å². The topological polar surface area (TPSA) is 130 Å². The second-order valence-electron chi connectivity index (χ2n) is 4.04. The first-order valence-corrected chi connectivity index (χ1v) is 5.79. The first kappa shape index (κ1) is 14.7. The van der Waals surface area contributed by atoms with E-state index in [2.05, 4.69) is 20.6 Å². The lowest BCUT2D eigenvalue weighted by molar-refractivity contribution is -0.127. The Morgan fingerprint density at radius 1 is 1.47 bits per heavy atom.